The first-order valence-corrected chi connectivity index (χ1v) is 11.7. The van der Waals surface area contributed by atoms with Gasteiger partial charge in [-0.15, -0.1) is 0 Å². The van der Waals surface area contributed by atoms with Crippen molar-refractivity contribution in [2.45, 2.75) is 13.0 Å². The Morgan fingerprint density at radius 3 is 2.51 bits per heavy atom. The largest absolute Gasteiger partial charge is 0.465 e. The SMILES string of the molecule is COC(=O)c1ccc2c(c1)NC(=O)C2=C(Nc1ccc(CN2CC=CCC2)cc1)c1ccccc1. The van der Waals surface area contributed by atoms with Crippen LogP contribution in [0.2, 0.25) is 0 Å². The summed E-state index contributed by atoms with van der Waals surface area (Å²) in [5.74, 6) is -0.662. The highest BCUT2D eigenvalue weighted by atomic mass is 16.5. The normalized spacial score (nSPS) is 16.4. The number of carbonyl (C=O) groups is 2. The number of anilines is 2. The molecule has 5 rings (SSSR count). The number of esters is 1. The van der Waals surface area contributed by atoms with Crippen molar-refractivity contribution in [3.8, 4) is 0 Å². The second-order valence-electron chi connectivity index (χ2n) is 8.64. The van der Waals surface area contributed by atoms with E-state index in [0.29, 0.717) is 22.5 Å². The fourth-order valence-electron chi connectivity index (χ4n) is 4.48. The van der Waals surface area contributed by atoms with E-state index in [1.807, 2.05) is 42.5 Å². The molecule has 0 unspecified atom stereocenters. The van der Waals surface area contributed by atoms with E-state index in [4.69, 9.17) is 4.74 Å². The van der Waals surface area contributed by atoms with Gasteiger partial charge in [-0.1, -0.05) is 60.7 Å². The van der Waals surface area contributed by atoms with Crippen molar-refractivity contribution in [1.82, 2.24) is 4.90 Å². The van der Waals surface area contributed by atoms with Crippen LogP contribution in [0.15, 0.2) is 84.9 Å². The highest BCUT2D eigenvalue weighted by molar-refractivity contribution is 6.37. The smallest absolute Gasteiger partial charge is 0.337 e. The lowest BCUT2D eigenvalue weighted by Gasteiger charge is -2.23. The number of nitrogens with one attached hydrogen (secondary N) is 2. The first-order chi connectivity index (χ1) is 17.1. The monoisotopic (exact) mass is 465 g/mol. The molecule has 0 aliphatic carbocycles. The summed E-state index contributed by atoms with van der Waals surface area (Å²) in [6.45, 7) is 2.97. The number of hydrogen-bond acceptors (Lipinski definition) is 5. The van der Waals surface area contributed by atoms with E-state index in [9.17, 15) is 9.59 Å². The van der Waals surface area contributed by atoms with Gasteiger partial charge in [-0.2, -0.15) is 0 Å². The maximum Gasteiger partial charge on any atom is 0.337 e. The molecule has 2 aliphatic heterocycles. The number of amides is 1. The number of ether oxygens (including phenoxy) is 1. The van der Waals surface area contributed by atoms with E-state index >= 15 is 0 Å². The number of benzene rings is 3. The lowest BCUT2D eigenvalue weighted by Crippen LogP contribution is -2.26. The summed E-state index contributed by atoms with van der Waals surface area (Å²) in [7, 11) is 1.34. The van der Waals surface area contributed by atoms with Gasteiger partial charge in [-0.05, 0) is 41.8 Å². The summed E-state index contributed by atoms with van der Waals surface area (Å²) in [5, 5.41) is 6.39. The summed E-state index contributed by atoms with van der Waals surface area (Å²) in [6, 6.07) is 23.2. The molecule has 6 heteroatoms. The van der Waals surface area contributed by atoms with Crippen molar-refractivity contribution in [2.75, 3.05) is 30.8 Å². The predicted molar refractivity (Wildman–Crippen MR) is 139 cm³/mol. The Labute approximate surface area is 204 Å². The van der Waals surface area contributed by atoms with Gasteiger partial charge in [-0.25, -0.2) is 4.79 Å². The van der Waals surface area contributed by atoms with E-state index in [1.165, 1.54) is 12.7 Å². The summed E-state index contributed by atoms with van der Waals surface area (Å²) in [6.07, 6.45) is 5.55. The van der Waals surface area contributed by atoms with Gasteiger partial charge in [0.05, 0.1) is 29.6 Å². The third-order valence-corrected chi connectivity index (χ3v) is 6.27. The maximum absolute atomic E-state index is 13.1. The van der Waals surface area contributed by atoms with Crippen LogP contribution < -0.4 is 10.6 Å². The molecule has 0 bridgehead atoms. The van der Waals surface area contributed by atoms with Crippen LogP contribution in [0, 0.1) is 0 Å². The average molecular weight is 466 g/mol. The van der Waals surface area contributed by atoms with Crippen molar-refractivity contribution < 1.29 is 14.3 Å². The molecule has 0 spiro atoms. The average Bonchev–Trinajstić information content (AvgIpc) is 3.23. The lowest BCUT2D eigenvalue weighted by atomic mass is 9.99. The molecule has 1 amide bonds. The van der Waals surface area contributed by atoms with E-state index in [0.717, 1.165) is 42.9 Å². The Bertz CT molecular complexity index is 1310. The molecule has 6 nitrogen and oxygen atoms in total. The Morgan fingerprint density at radius 2 is 1.80 bits per heavy atom. The molecule has 0 saturated carbocycles. The Hall–Kier alpha value is -4.16. The van der Waals surface area contributed by atoms with E-state index in [1.54, 1.807) is 18.2 Å². The Kier molecular flexibility index (Phi) is 6.46. The molecule has 3 aromatic carbocycles. The standard InChI is InChI=1S/C29H27N3O3/c1-35-29(34)22-12-15-24-25(18-22)31-28(33)26(24)27(21-8-4-2-5-9-21)30-23-13-10-20(11-14-23)19-32-16-6-3-7-17-32/h2-6,8-15,18,30H,7,16-17,19H2,1H3,(H,31,33). The second kappa shape index (κ2) is 9.99. The molecule has 0 saturated heterocycles. The van der Waals surface area contributed by atoms with Gasteiger partial charge >= 0.3 is 5.97 Å². The summed E-state index contributed by atoms with van der Waals surface area (Å²) >= 11 is 0. The molecule has 0 aromatic heterocycles. The van der Waals surface area contributed by atoms with Crippen LogP contribution in [0.4, 0.5) is 11.4 Å². The lowest BCUT2D eigenvalue weighted by molar-refractivity contribution is -0.110. The third-order valence-electron chi connectivity index (χ3n) is 6.27. The number of fused-ring (bicyclic) bond motifs is 1. The molecule has 3 aromatic rings. The zero-order valence-corrected chi connectivity index (χ0v) is 19.6. The number of rotatable bonds is 6. The quantitative estimate of drug-likeness (QED) is 0.299. The van der Waals surface area contributed by atoms with Crippen molar-refractivity contribution in [3.05, 3.63) is 107 Å². The minimum atomic E-state index is -0.443. The van der Waals surface area contributed by atoms with Gasteiger partial charge in [0, 0.05) is 30.9 Å². The fourth-order valence-corrected chi connectivity index (χ4v) is 4.48. The van der Waals surface area contributed by atoms with Crippen molar-refractivity contribution in [2.24, 2.45) is 0 Å². The minimum absolute atomic E-state index is 0.219. The van der Waals surface area contributed by atoms with Gasteiger partial charge in [-0.3, -0.25) is 9.69 Å². The van der Waals surface area contributed by atoms with Gasteiger partial charge in [0.1, 0.15) is 0 Å². The van der Waals surface area contributed by atoms with Crippen LogP contribution >= 0.6 is 0 Å². The third kappa shape index (κ3) is 4.88. The predicted octanol–water partition coefficient (Wildman–Crippen LogP) is 5.17. The highest BCUT2D eigenvalue weighted by Gasteiger charge is 2.29. The molecule has 176 valence electrons. The van der Waals surface area contributed by atoms with Crippen LogP contribution in [0.5, 0.6) is 0 Å². The molecule has 0 fully saturated rings. The molecule has 2 N–H and O–H groups in total. The van der Waals surface area contributed by atoms with E-state index < -0.39 is 5.97 Å². The minimum Gasteiger partial charge on any atom is -0.465 e. The van der Waals surface area contributed by atoms with E-state index in [-0.39, 0.29) is 5.91 Å². The van der Waals surface area contributed by atoms with E-state index in [2.05, 4.69) is 39.8 Å². The number of nitrogens with zero attached hydrogens (tertiary/aromatic N) is 1. The zero-order chi connectivity index (χ0) is 24.2. The van der Waals surface area contributed by atoms with Gasteiger partial charge in [0.2, 0.25) is 0 Å². The van der Waals surface area contributed by atoms with Crippen molar-refractivity contribution >= 4 is 34.5 Å². The molecular formula is C29H27N3O3. The topological polar surface area (TPSA) is 70.7 Å². The van der Waals surface area contributed by atoms with Gasteiger partial charge in [0.15, 0.2) is 0 Å². The number of hydrogen-bond donors (Lipinski definition) is 2. The maximum atomic E-state index is 13.1. The van der Waals surface area contributed by atoms with Crippen LogP contribution in [-0.4, -0.2) is 37.0 Å². The number of methoxy groups -OCH3 is 1. The Morgan fingerprint density at radius 1 is 1.00 bits per heavy atom. The fraction of sp³-hybridized carbons (Fsp3) is 0.172. The van der Waals surface area contributed by atoms with Crippen molar-refractivity contribution in [3.63, 3.8) is 0 Å². The molecular weight excluding hydrogens is 438 g/mol. The first kappa shape index (κ1) is 22.6. The van der Waals surface area contributed by atoms with Crippen LogP contribution in [0.25, 0.3) is 11.3 Å². The highest BCUT2D eigenvalue weighted by Crippen LogP contribution is 2.38. The van der Waals surface area contributed by atoms with Crippen LogP contribution in [0.1, 0.15) is 33.5 Å². The van der Waals surface area contributed by atoms with Crippen LogP contribution in [-0.2, 0) is 16.1 Å². The molecule has 2 aliphatic rings. The second-order valence-corrected chi connectivity index (χ2v) is 8.64. The molecule has 0 radical (unpaired) electrons. The van der Waals surface area contributed by atoms with Crippen molar-refractivity contribution in [1.29, 1.82) is 0 Å². The summed E-state index contributed by atoms with van der Waals surface area (Å²) in [5.41, 5.74) is 6.00. The molecule has 2 heterocycles. The van der Waals surface area contributed by atoms with Gasteiger partial charge in [0.25, 0.3) is 5.91 Å². The Balaban J connectivity index is 1.48. The zero-order valence-electron chi connectivity index (χ0n) is 19.6. The summed E-state index contributed by atoms with van der Waals surface area (Å²) < 4.78 is 4.82. The van der Waals surface area contributed by atoms with Gasteiger partial charge < -0.3 is 15.4 Å². The molecule has 0 atom stereocenters. The number of carbonyl (C=O) groups excluding carboxylic acids is 2. The molecule has 35 heavy (non-hydrogen) atoms. The summed E-state index contributed by atoms with van der Waals surface area (Å²) in [4.78, 5) is 27.5. The first-order valence-electron chi connectivity index (χ1n) is 11.7. The van der Waals surface area contributed by atoms with Crippen LogP contribution in [0.3, 0.4) is 0 Å².